The Bertz CT molecular complexity index is 497. The molecule has 4 nitrogen and oxygen atoms in total. The number of hydrogen-bond donors (Lipinski definition) is 1. The highest BCUT2D eigenvalue weighted by Crippen LogP contribution is 2.36. The number of hydrogen-bond acceptors (Lipinski definition) is 3. The fraction of sp³-hybridized carbons (Fsp3) is 0.684. The van der Waals surface area contributed by atoms with Crippen LogP contribution in [0.4, 0.5) is 0 Å². The molecule has 1 aromatic carbocycles. The molecule has 3 rings (SSSR count). The zero-order valence-corrected chi connectivity index (χ0v) is 14.5. The standard InChI is InChI=1S/C19H29NO3/c1-15(2)3-4-16(7-8-20-9-11-21-12-10-20)17-5-6-18-19(13-17)23-14-22-18/h5-6,13,15-16H,3-4,7-12,14H2,1-2H3/p+1/t16-/m1/s1. The van der Waals surface area contributed by atoms with Crippen LogP contribution in [0.1, 0.15) is 44.6 Å². The van der Waals surface area contributed by atoms with Gasteiger partial charge in [0.15, 0.2) is 11.5 Å². The summed E-state index contributed by atoms with van der Waals surface area (Å²) in [5.41, 5.74) is 1.41. The highest BCUT2D eigenvalue weighted by Gasteiger charge is 2.21. The second-order valence-electron chi connectivity index (χ2n) is 7.18. The average molecular weight is 320 g/mol. The number of quaternary nitrogens is 1. The Labute approximate surface area is 139 Å². The van der Waals surface area contributed by atoms with E-state index in [0.29, 0.717) is 12.7 Å². The lowest BCUT2D eigenvalue weighted by Gasteiger charge is -2.26. The first-order valence-corrected chi connectivity index (χ1v) is 9.03. The van der Waals surface area contributed by atoms with Crippen LogP contribution in [0.15, 0.2) is 18.2 Å². The maximum Gasteiger partial charge on any atom is 0.231 e. The summed E-state index contributed by atoms with van der Waals surface area (Å²) in [5, 5.41) is 0. The minimum absolute atomic E-state index is 0.355. The van der Waals surface area contributed by atoms with Crippen molar-refractivity contribution < 1.29 is 19.1 Å². The van der Waals surface area contributed by atoms with Gasteiger partial charge in [0.2, 0.25) is 6.79 Å². The highest BCUT2D eigenvalue weighted by atomic mass is 16.7. The molecule has 2 aliphatic rings. The van der Waals surface area contributed by atoms with Gasteiger partial charge in [-0.25, -0.2) is 0 Å². The third kappa shape index (κ3) is 4.61. The van der Waals surface area contributed by atoms with Gasteiger partial charge in [0.25, 0.3) is 0 Å². The molecule has 0 aromatic heterocycles. The van der Waals surface area contributed by atoms with E-state index in [1.165, 1.54) is 31.4 Å². The smallest absolute Gasteiger partial charge is 0.231 e. The molecule has 2 aliphatic heterocycles. The summed E-state index contributed by atoms with van der Waals surface area (Å²) < 4.78 is 16.5. The van der Waals surface area contributed by atoms with E-state index in [1.54, 1.807) is 4.90 Å². The van der Waals surface area contributed by atoms with Gasteiger partial charge < -0.3 is 19.1 Å². The molecule has 1 aromatic rings. The Balaban J connectivity index is 1.64. The summed E-state index contributed by atoms with van der Waals surface area (Å²) in [6.45, 7) is 10.3. The first-order valence-electron chi connectivity index (χ1n) is 9.03. The van der Waals surface area contributed by atoms with Gasteiger partial charge in [0.1, 0.15) is 13.1 Å². The molecule has 23 heavy (non-hydrogen) atoms. The number of rotatable bonds is 7. The van der Waals surface area contributed by atoms with Crippen LogP contribution < -0.4 is 14.4 Å². The molecule has 0 spiro atoms. The number of fused-ring (bicyclic) bond motifs is 1. The highest BCUT2D eigenvalue weighted by molar-refractivity contribution is 5.45. The first-order chi connectivity index (χ1) is 11.2. The minimum atomic E-state index is 0.355. The number of ether oxygens (including phenoxy) is 3. The molecule has 0 radical (unpaired) electrons. The van der Waals surface area contributed by atoms with Gasteiger partial charge >= 0.3 is 0 Å². The van der Waals surface area contributed by atoms with Gasteiger partial charge in [0, 0.05) is 6.42 Å². The number of benzene rings is 1. The summed E-state index contributed by atoms with van der Waals surface area (Å²) in [4.78, 5) is 1.69. The Morgan fingerprint density at radius 3 is 2.57 bits per heavy atom. The molecular formula is C19H30NO3+. The third-order valence-electron chi connectivity index (χ3n) is 5.01. The van der Waals surface area contributed by atoms with Crippen LogP contribution in [0.25, 0.3) is 0 Å². The first kappa shape index (κ1) is 16.6. The molecular weight excluding hydrogens is 290 g/mol. The third-order valence-corrected chi connectivity index (χ3v) is 5.01. The zero-order chi connectivity index (χ0) is 16.1. The Hall–Kier alpha value is -1.26. The van der Waals surface area contributed by atoms with Gasteiger partial charge in [-0.15, -0.1) is 0 Å². The molecule has 0 aliphatic carbocycles. The molecule has 2 heterocycles. The van der Waals surface area contributed by atoms with E-state index in [9.17, 15) is 0 Å². The monoisotopic (exact) mass is 320 g/mol. The maximum absolute atomic E-state index is 5.57. The summed E-state index contributed by atoms with van der Waals surface area (Å²) in [6.07, 6.45) is 3.76. The fourth-order valence-electron chi connectivity index (χ4n) is 3.47. The van der Waals surface area contributed by atoms with E-state index < -0.39 is 0 Å². The van der Waals surface area contributed by atoms with Gasteiger partial charge in [-0.3, -0.25) is 0 Å². The lowest BCUT2D eigenvalue weighted by atomic mass is 9.88. The van der Waals surface area contributed by atoms with Crippen LogP contribution in [-0.2, 0) is 4.74 Å². The van der Waals surface area contributed by atoms with Crippen LogP contribution in [0.2, 0.25) is 0 Å². The molecule has 0 unspecified atom stereocenters. The van der Waals surface area contributed by atoms with Crippen molar-refractivity contribution >= 4 is 0 Å². The van der Waals surface area contributed by atoms with E-state index in [1.807, 2.05) is 0 Å². The SMILES string of the molecule is CC(C)CC[C@H](CC[NH+]1CCOCC1)c1ccc2c(c1)OCO2. The largest absolute Gasteiger partial charge is 0.454 e. The van der Waals surface area contributed by atoms with Crippen molar-refractivity contribution in [1.82, 2.24) is 0 Å². The van der Waals surface area contributed by atoms with Crippen LogP contribution in [-0.4, -0.2) is 39.6 Å². The second-order valence-corrected chi connectivity index (χ2v) is 7.18. The molecule has 0 saturated carbocycles. The Morgan fingerprint density at radius 2 is 1.78 bits per heavy atom. The lowest BCUT2D eigenvalue weighted by molar-refractivity contribution is -0.908. The Morgan fingerprint density at radius 1 is 1.00 bits per heavy atom. The van der Waals surface area contributed by atoms with Gasteiger partial charge in [-0.2, -0.15) is 0 Å². The molecule has 1 fully saturated rings. The molecule has 1 saturated heterocycles. The van der Waals surface area contributed by atoms with Crippen LogP contribution in [0, 0.1) is 5.92 Å². The quantitative estimate of drug-likeness (QED) is 0.836. The van der Waals surface area contributed by atoms with Crippen LogP contribution in [0.3, 0.4) is 0 Å². The van der Waals surface area contributed by atoms with Crippen molar-refractivity contribution in [2.75, 3.05) is 39.6 Å². The zero-order valence-electron chi connectivity index (χ0n) is 14.5. The van der Waals surface area contributed by atoms with Gasteiger partial charge in [-0.05, 0) is 36.0 Å². The molecule has 0 amide bonds. The van der Waals surface area contributed by atoms with Crippen molar-refractivity contribution in [3.05, 3.63) is 23.8 Å². The van der Waals surface area contributed by atoms with Crippen molar-refractivity contribution in [2.45, 2.75) is 39.0 Å². The molecule has 1 N–H and O–H groups in total. The van der Waals surface area contributed by atoms with Crippen LogP contribution in [0.5, 0.6) is 11.5 Å². The number of nitrogens with one attached hydrogen (secondary N) is 1. The molecule has 4 heteroatoms. The predicted molar refractivity (Wildman–Crippen MR) is 90.4 cm³/mol. The maximum atomic E-state index is 5.57. The van der Waals surface area contributed by atoms with Crippen molar-refractivity contribution in [3.63, 3.8) is 0 Å². The summed E-state index contributed by atoms with van der Waals surface area (Å²) in [7, 11) is 0. The Kier molecular flexibility index (Phi) is 5.79. The van der Waals surface area contributed by atoms with E-state index in [4.69, 9.17) is 14.2 Å². The number of morpholine rings is 1. The van der Waals surface area contributed by atoms with E-state index in [0.717, 1.165) is 43.7 Å². The van der Waals surface area contributed by atoms with Gasteiger partial charge in [-0.1, -0.05) is 26.3 Å². The van der Waals surface area contributed by atoms with Crippen molar-refractivity contribution in [1.29, 1.82) is 0 Å². The minimum Gasteiger partial charge on any atom is -0.454 e. The topological polar surface area (TPSA) is 32.1 Å². The van der Waals surface area contributed by atoms with E-state index in [-0.39, 0.29) is 0 Å². The van der Waals surface area contributed by atoms with Gasteiger partial charge in [0.05, 0.1) is 19.8 Å². The normalized spacial score (nSPS) is 19.3. The predicted octanol–water partition coefficient (Wildman–Crippen LogP) is 2.24. The second kappa shape index (κ2) is 8.02. The average Bonchev–Trinajstić information content (AvgIpc) is 3.03. The van der Waals surface area contributed by atoms with Crippen molar-refractivity contribution in [3.8, 4) is 11.5 Å². The molecule has 128 valence electrons. The summed E-state index contributed by atoms with van der Waals surface area (Å²) in [5.74, 6) is 3.16. The van der Waals surface area contributed by atoms with Crippen molar-refractivity contribution in [2.24, 2.45) is 5.92 Å². The summed E-state index contributed by atoms with van der Waals surface area (Å²) >= 11 is 0. The van der Waals surface area contributed by atoms with Crippen LogP contribution >= 0.6 is 0 Å². The fourth-order valence-corrected chi connectivity index (χ4v) is 3.47. The van der Waals surface area contributed by atoms with E-state index >= 15 is 0 Å². The molecule has 0 bridgehead atoms. The lowest BCUT2D eigenvalue weighted by Crippen LogP contribution is -3.14. The summed E-state index contributed by atoms with van der Waals surface area (Å²) in [6, 6.07) is 6.50. The molecule has 1 atom stereocenters. The van der Waals surface area contributed by atoms with E-state index in [2.05, 4.69) is 32.0 Å².